The van der Waals surface area contributed by atoms with Crippen LogP contribution in [-0.2, 0) is 22.6 Å². The van der Waals surface area contributed by atoms with E-state index in [1.54, 1.807) is 12.1 Å². The predicted octanol–water partition coefficient (Wildman–Crippen LogP) is 3.43. The fourth-order valence-corrected chi connectivity index (χ4v) is 1.98. The van der Waals surface area contributed by atoms with Gasteiger partial charge in [0.05, 0.1) is 13.5 Å². The van der Waals surface area contributed by atoms with Crippen molar-refractivity contribution in [3.63, 3.8) is 0 Å². The van der Waals surface area contributed by atoms with E-state index in [1.165, 1.54) is 13.2 Å². The maximum Gasteiger partial charge on any atom is 0.309 e. The van der Waals surface area contributed by atoms with E-state index in [0.29, 0.717) is 0 Å². The van der Waals surface area contributed by atoms with E-state index in [1.807, 2.05) is 31.2 Å². The third-order valence-corrected chi connectivity index (χ3v) is 3.15. The minimum Gasteiger partial charge on any atom is -0.486 e. The lowest BCUT2D eigenvalue weighted by Crippen LogP contribution is -2.08. The maximum atomic E-state index is 13.7. The smallest absolute Gasteiger partial charge is 0.309 e. The molecule has 21 heavy (non-hydrogen) atoms. The lowest BCUT2D eigenvalue weighted by molar-refractivity contribution is -0.139. The molecule has 110 valence electrons. The molecule has 3 nitrogen and oxygen atoms in total. The number of hydrogen-bond donors (Lipinski definition) is 0. The normalized spacial score (nSPS) is 10.2. The summed E-state index contributed by atoms with van der Waals surface area (Å²) >= 11 is 0. The van der Waals surface area contributed by atoms with Gasteiger partial charge in [-0.3, -0.25) is 4.79 Å². The molecule has 2 aromatic carbocycles. The summed E-state index contributed by atoms with van der Waals surface area (Å²) in [5.41, 5.74) is 2.49. The number of hydrogen-bond acceptors (Lipinski definition) is 3. The second-order valence-corrected chi connectivity index (χ2v) is 4.74. The van der Waals surface area contributed by atoms with Gasteiger partial charge in [0.1, 0.15) is 6.61 Å². The van der Waals surface area contributed by atoms with E-state index in [4.69, 9.17) is 4.74 Å². The molecule has 0 radical (unpaired) electrons. The Morgan fingerprint density at radius 3 is 2.52 bits per heavy atom. The van der Waals surface area contributed by atoms with Crippen LogP contribution in [-0.4, -0.2) is 13.1 Å². The zero-order valence-electron chi connectivity index (χ0n) is 12.1. The van der Waals surface area contributed by atoms with Crippen LogP contribution in [0.5, 0.6) is 5.75 Å². The van der Waals surface area contributed by atoms with Crippen molar-refractivity contribution < 1.29 is 18.7 Å². The molecule has 0 fully saturated rings. The fourth-order valence-electron chi connectivity index (χ4n) is 1.98. The number of halogens is 1. The minimum absolute atomic E-state index is 0.173. The SMILES string of the molecule is COC(=O)Cc1ccccc1COc1ccc(C)cc1F. The molecule has 2 rings (SSSR count). The van der Waals surface area contributed by atoms with Crippen LogP contribution < -0.4 is 4.74 Å². The average Bonchev–Trinajstić information content (AvgIpc) is 2.47. The Morgan fingerprint density at radius 1 is 1.14 bits per heavy atom. The van der Waals surface area contributed by atoms with E-state index >= 15 is 0 Å². The van der Waals surface area contributed by atoms with E-state index in [-0.39, 0.29) is 30.6 Å². The van der Waals surface area contributed by atoms with Gasteiger partial charge in [0, 0.05) is 0 Å². The van der Waals surface area contributed by atoms with Crippen molar-refractivity contribution in [2.45, 2.75) is 20.0 Å². The molecule has 0 aliphatic carbocycles. The molecule has 0 amide bonds. The van der Waals surface area contributed by atoms with Crippen molar-refractivity contribution >= 4 is 5.97 Å². The van der Waals surface area contributed by atoms with Crippen molar-refractivity contribution in [2.75, 3.05) is 7.11 Å². The zero-order chi connectivity index (χ0) is 15.2. The molecule has 0 unspecified atom stereocenters. The van der Waals surface area contributed by atoms with E-state index in [2.05, 4.69) is 4.74 Å². The Balaban J connectivity index is 2.11. The summed E-state index contributed by atoms with van der Waals surface area (Å²) in [6.45, 7) is 2.02. The predicted molar refractivity (Wildman–Crippen MR) is 77.6 cm³/mol. The Hall–Kier alpha value is -2.36. The summed E-state index contributed by atoms with van der Waals surface area (Å²) in [4.78, 5) is 11.4. The summed E-state index contributed by atoms with van der Waals surface area (Å²) < 4.78 is 23.9. The van der Waals surface area contributed by atoms with E-state index in [9.17, 15) is 9.18 Å². The molecule has 0 saturated heterocycles. The average molecular weight is 288 g/mol. The van der Waals surface area contributed by atoms with Gasteiger partial charge in [-0.15, -0.1) is 0 Å². The molecular formula is C17H17FO3. The van der Waals surface area contributed by atoms with Gasteiger partial charge in [0.2, 0.25) is 0 Å². The number of rotatable bonds is 5. The first-order chi connectivity index (χ1) is 10.1. The van der Waals surface area contributed by atoms with Gasteiger partial charge in [0.25, 0.3) is 0 Å². The second-order valence-electron chi connectivity index (χ2n) is 4.74. The Morgan fingerprint density at radius 2 is 1.86 bits per heavy atom. The maximum absolute atomic E-state index is 13.7. The highest BCUT2D eigenvalue weighted by Crippen LogP contribution is 2.20. The number of esters is 1. The van der Waals surface area contributed by atoms with Crippen LogP contribution in [0.4, 0.5) is 4.39 Å². The molecule has 4 heteroatoms. The lowest BCUT2D eigenvalue weighted by atomic mass is 10.1. The Kier molecular flexibility index (Phi) is 4.93. The van der Waals surface area contributed by atoms with Crippen LogP contribution in [0.2, 0.25) is 0 Å². The van der Waals surface area contributed by atoms with Crippen molar-refractivity contribution in [1.29, 1.82) is 0 Å². The highest BCUT2D eigenvalue weighted by atomic mass is 19.1. The number of ether oxygens (including phenoxy) is 2. The van der Waals surface area contributed by atoms with Crippen LogP contribution in [0, 0.1) is 12.7 Å². The molecular weight excluding hydrogens is 271 g/mol. The molecule has 0 spiro atoms. The van der Waals surface area contributed by atoms with E-state index < -0.39 is 0 Å². The Bertz CT molecular complexity index is 638. The van der Waals surface area contributed by atoms with Gasteiger partial charge in [-0.1, -0.05) is 30.3 Å². The number of aryl methyl sites for hydroxylation is 1. The quantitative estimate of drug-likeness (QED) is 0.791. The third kappa shape index (κ3) is 4.05. The van der Waals surface area contributed by atoms with Gasteiger partial charge in [-0.05, 0) is 35.7 Å². The van der Waals surface area contributed by atoms with Crippen LogP contribution in [0.3, 0.4) is 0 Å². The first kappa shape index (κ1) is 15.0. The largest absolute Gasteiger partial charge is 0.486 e. The fraction of sp³-hybridized carbons (Fsp3) is 0.235. The molecule has 0 aromatic heterocycles. The van der Waals surface area contributed by atoms with Crippen LogP contribution in [0.15, 0.2) is 42.5 Å². The molecule has 0 atom stereocenters. The summed E-state index contributed by atoms with van der Waals surface area (Å²) in [6, 6.07) is 12.2. The molecule has 2 aromatic rings. The van der Waals surface area contributed by atoms with Gasteiger partial charge in [0.15, 0.2) is 11.6 Å². The minimum atomic E-state index is -0.388. The monoisotopic (exact) mass is 288 g/mol. The zero-order valence-corrected chi connectivity index (χ0v) is 12.1. The first-order valence-electron chi connectivity index (χ1n) is 6.62. The molecule has 0 aliphatic heterocycles. The van der Waals surface area contributed by atoms with Crippen molar-refractivity contribution in [2.24, 2.45) is 0 Å². The highest BCUT2D eigenvalue weighted by Gasteiger charge is 2.09. The van der Waals surface area contributed by atoms with Crippen molar-refractivity contribution in [3.05, 3.63) is 65.0 Å². The van der Waals surface area contributed by atoms with E-state index in [0.717, 1.165) is 16.7 Å². The molecule has 0 saturated carbocycles. The third-order valence-electron chi connectivity index (χ3n) is 3.15. The van der Waals surface area contributed by atoms with Crippen LogP contribution in [0.25, 0.3) is 0 Å². The Labute approximate surface area is 123 Å². The summed E-state index contributed by atoms with van der Waals surface area (Å²) in [6.07, 6.45) is 0.173. The first-order valence-corrected chi connectivity index (χ1v) is 6.62. The number of carbonyl (C=O) groups excluding carboxylic acids is 1. The molecule has 0 heterocycles. The standard InChI is InChI=1S/C17H17FO3/c1-12-7-8-16(15(18)9-12)21-11-14-6-4-3-5-13(14)10-17(19)20-2/h3-9H,10-11H2,1-2H3. The molecule has 0 aliphatic rings. The highest BCUT2D eigenvalue weighted by molar-refractivity contribution is 5.72. The van der Waals surface area contributed by atoms with Gasteiger partial charge in [-0.25, -0.2) is 4.39 Å². The van der Waals surface area contributed by atoms with Crippen molar-refractivity contribution in [1.82, 2.24) is 0 Å². The number of benzene rings is 2. The van der Waals surface area contributed by atoms with Crippen LogP contribution >= 0.6 is 0 Å². The number of carbonyl (C=O) groups is 1. The van der Waals surface area contributed by atoms with Gasteiger partial charge < -0.3 is 9.47 Å². The van der Waals surface area contributed by atoms with Crippen LogP contribution in [0.1, 0.15) is 16.7 Å². The summed E-state index contributed by atoms with van der Waals surface area (Å²) in [5, 5.41) is 0. The summed E-state index contributed by atoms with van der Waals surface area (Å²) in [5.74, 6) is -0.502. The summed E-state index contributed by atoms with van der Waals surface area (Å²) in [7, 11) is 1.35. The van der Waals surface area contributed by atoms with Crippen molar-refractivity contribution in [3.8, 4) is 5.75 Å². The van der Waals surface area contributed by atoms with Gasteiger partial charge >= 0.3 is 5.97 Å². The number of methoxy groups -OCH3 is 1. The molecule has 0 N–H and O–H groups in total. The topological polar surface area (TPSA) is 35.5 Å². The van der Waals surface area contributed by atoms with Gasteiger partial charge in [-0.2, -0.15) is 0 Å². The second kappa shape index (κ2) is 6.88. The lowest BCUT2D eigenvalue weighted by Gasteiger charge is -2.11. The molecule has 0 bridgehead atoms.